The maximum absolute atomic E-state index is 13.9. The first-order chi connectivity index (χ1) is 20.8. The zero-order chi connectivity index (χ0) is 29.8. The Morgan fingerprint density at radius 2 is 1.60 bits per heavy atom. The molecule has 4 aromatic carbocycles. The highest BCUT2D eigenvalue weighted by Crippen LogP contribution is 2.54. The molecule has 2 aliphatic heterocycles. The van der Waals surface area contributed by atoms with Crippen molar-refractivity contribution in [1.82, 2.24) is 4.57 Å². The number of benzene rings is 4. The molecule has 0 saturated carbocycles. The van der Waals surface area contributed by atoms with Crippen LogP contribution in [0.1, 0.15) is 16.4 Å². The van der Waals surface area contributed by atoms with Crippen LogP contribution in [0.3, 0.4) is 0 Å². The summed E-state index contributed by atoms with van der Waals surface area (Å²) in [5.41, 5.74) is 1.62. The van der Waals surface area contributed by atoms with Gasteiger partial charge in [-0.15, -0.1) is 0 Å². The summed E-state index contributed by atoms with van der Waals surface area (Å²) in [5, 5.41) is 4.89. The summed E-state index contributed by atoms with van der Waals surface area (Å²) in [6.45, 7) is -0.268. The molecule has 214 valence electrons. The van der Waals surface area contributed by atoms with Gasteiger partial charge in [0.25, 0.3) is 0 Å². The van der Waals surface area contributed by atoms with Crippen LogP contribution in [0, 0.1) is 11.7 Å². The number of carbonyl (C=O) groups is 3. The number of rotatable bonds is 5. The molecular formula is C32H21ClFN3O4S2. The largest absolute Gasteiger partial charge is 0.324 e. The summed E-state index contributed by atoms with van der Waals surface area (Å²) < 4.78 is 15.0. The van der Waals surface area contributed by atoms with Crippen molar-refractivity contribution < 1.29 is 18.8 Å². The van der Waals surface area contributed by atoms with Gasteiger partial charge < -0.3 is 5.32 Å². The van der Waals surface area contributed by atoms with Gasteiger partial charge in [0, 0.05) is 26.9 Å². The van der Waals surface area contributed by atoms with E-state index in [1.165, 1.54) is 28.8 Å². The molecule has 1 fully saturated rings. The molecule has 3 atom stereocenters. The average Bonchev–Trinajstić information content (AvgIpc) is 3.44. The van der Waals surface area contributed by atoms with Crippen molar-refractivity contribution in [2.24, 2.45) is 5.92 Å². The van der Waals surface area contributed by atoms with Gasteiger partial charge in [0.1, 0.15) is 17.6 Å². The van der Waals surface area contributed by atoms with Crippen molar-refractivity contribution in [2.75, 3.05) is 10.2 Å². The monoisotopic (exact) mass is 629 g/mol. The third-order valence-electron chi connectivity index (χ3n) is 7.73. The SMILES string of the molecule is O=C(Cn1c2c(sc1=O)C(c1ccc(Cl)cc1)C1C(=O)N(c3ccc(F)cc3)C(=O)C1S2)Nc1cccc2ccccc12. The standard InChI is InChI=1S/C32H21ClFN3O4S2/c33-19-10-8-18(9-11-19)25-26-27(30(40)37(29(26)39)21-14-12-20(34)13-15-21)42-31-28(25)43-32(41)36(31)16-24(38)35-23-7-3-5-17-4-1-2-6-22(17)23/h1-15,25-27H,16H2,(H,35,38). The minimum Gasteiger partial charge on any atom is -0.324 e. The number of thioether (sulfide) groups is 1. The molecule has 7 nitrogen and oxygen atoms in total. The maximum atomic E-state index is 13.9. The lowest BCUT2D eigenvalue weighted by atomic mass is 9.83. The van der Waals surface area contributed by atoms with Crippen LogP contribution < -0.4 is 15.1 Å². The zero-order valence-corrected chi connectivity index (χ0v) is 24.6. The fourth-order valence-corrected chi connectivity index (χ4v) is 8.70. The predicted molar refractivity (Wildman–Crippen MR) is 166 cm³/mol. The molecule has 0 radical (unpaired) electrons. The molecule has 0 aliphatic carbocycles. The summed E-state index contributed by atoms with van der Waals surface area (Å²) in [6.07, 6.45) is 0. The molecule has 11 heteroatoms. The lowest BCUT2D eigenvalue weighted by molar-refractivity contribution is -0.122. The number of fused-ring (bicyclic) bond motifs is 3. The van der Waals surface area contributed by atoms with E-state index in [1.54, 1.807) is 30.3 Å². The molecule has 2 aliphatic rings. The second-order valence-electron chi connectivity index (χ2n) is 10.3. The highest BCUT2D eigenvalue weighted by Gasteiger charge is 2.56. The van der Waals surface area contributed by atoms with Gasteiger partial charge in [-0.2, -0.15) is 0 Å². The van der Waals surface area contributed by atoms with Gasteiger partial charge in [-0.25, -0.2) is 9.29 Å². The minimum absolute atomic E-state index is 0.268. The number of halogens is 2. The smallest absolute Gasteiger partial charge is 0.308 e. The van der Waals surface area contributed by atoms with Crippen molar-refractivity contribution in [3.8, 4) is 0 Å². The van der Waals surface area contributed by atoms with Gasteiger partial charge in [-0.05, 0) is 53.4 Å². The number of hydrogen-bond donors (Lipinski definition) is 1. The highest BCUT2D eigenvalue weighted by atomic mass is 35.5. The molecule has 5 aromatic rings. The van der Waals surface area contributed by atoms with Crippen LogP contribution in [-0.4, -0.2) is 27.5 Å². The first kappa shape index (κ1) is 27.6. The molecule has 43 heavy (non-hydrogen) atoms. The molecule has 3 heterocycles. The van der Waals surface area contributed by atoms with Crippen LogP contribution in [-0.2, 0) is 20.9 Å². The van der Waals surface area contributed by atoms with Gasteiger partial charge >= 0.3 is 4.87 Å². The average molecular weight is 630 g/mol. The van der Waals surface area contributed by atoms with E-state index >= 15 is 0 Å². The Kier molecular flexibility index (Phi) is 6.92. The van der Waals surface area contributed by atoms with Crippen LogP contribution in [0.5, 0.6) is 0 Å². The second kappa shape index (κ2) is 10.8. The van der Waals surface area contributed by atoms with Crippen molar-refractivity contribution in [3.63, 3.8) is 0 Å². The predicted octanol–water partition coefficient (Wildman–Crippen LogP) is 6.29. The van der Waals surface area contributed by atoms with Crippen molar-refractivity contribution in [2.45, 2.75) is 22.7 Å². The summed E-state index contributed by atoms with van der Waals surface area (Å²) in [7, 11) is 0. The fraction of sp³-hybridized carbons (Fsp3) is 0.125. The molecule has 1 N–H and O–H groups in total. The number of imide groups is 1. The Labute approximate surface area is 257 Å². The Morgan fingerprint density at radius 3 is 2.37 bits per heavy atom. The molecule has 7 rings (SSSR count). The number of thiazole rings is 1. The summed E-state index contributed by atoms with van der Waals surface area (Å²) in [5.74, 6) is -3.21. The van der Waals surface area contributed by atoms with Gasteiger partial charge in [0.05, 0.1) is 16.6 Å². The Hall–Kier alpha value is -4.25. The summed E-state index contributed by atoms with van der Waals surface area (Å²) in [4.78, 5) is 55.7. The zero-order valence-electron chi connectivity index (χ0n) is 22.2. The summed E-state index contributed by atoms with van der Waals surface area (Å²) in [6, 6.07) is 25.4. The molecule has 1 aromatic heterocycles. The van der Waals surface area contributed by atoms with Crippen LogP contribution in [0.25, 0.3) is 10.8 Å². The first-order valence-electron chi connectivity index (χ1n) is 13.4. The molecule has 0 spiro atoms. The normalized spacial score (nSPS) is 19.4. The van der Waals surface area contributed by atoms with E-state index in [4.69, 9.17) is 11.6 Å². The van der Waals surface area contributed by atoms with E-state index in [2.05, 4.69) is 5.32 Å². The molecular weight excluding hydrogens is 609 g/mol. The van der Waals surface area contributed by atoms with Gasteiger partial charge in [0.2, 0.25) is 17.7 Å². The number of hydrogen-bond acceptors (Lipinski definition) is 6. The molecule has 3 unspecified atom stereocenters. The Bertz CT molecular complexity index is 1990. The molecule has 0 bridgehead atoms. The lowest BCUT2D eigenvalue weighted by Gasteiger charge is -2.30. The number of amides is 3. The van der Waals surface area contributed by atoms with E-state index in [0.29, 0.717) is 20.6 Å². The number of anilines is 2. The van der Waals surface area contributed by atoms with Crippen LogP contribution >= 0.6 is 34.7 Å². The number of nitrogens with one attached hydrogen (secondary N) is 1. The highest BCUT2D eigenvalue weighted by molar-refractivity contribution is 8.00. The Morgan fingerprint density at radius 1 is 0.884 bits per heavy atom. The van der Waals surface area contributed by atoms with Gasteiger partial charge in [0.15, 0.2) is 0 Å². The second-order valence-corrected chi connectivity index (χ2v) is 12.8. The van der Waals surface area contributed by atoms with Crippen LogP contribution in [0.15, 0.2) is 101 Å². The van der Waals surface area contributed by atoms with Crippen LogP contribution in [0.4, 0.5) is 15.8 Å². The number of nitrogens with zero attached hydrogens (tertiary/aromatic N) is 2. The third kappa shape index (κ3) is 4.75. The third-order valence-corrected chi connectivity index (χ3v) is 10.6. The first-order valence-corrected chi connectivity index (χ1v) is 15.4. The van der Waals surface area contributed by atoms with E-state index in [9.17, 15) is 23.6 Å². The molecule has 1 saturated heterocycles. The van der Waals surface area contributed by atoms with E-state index < -0.39 is 40.6 Å². The van der Waals surface area contributed by atoms with Gasteiger partial charge in [-0.3, -0.25) is 23.7 Å². The quantitative estimate of drug-likeness (QED) is 0.231. The summed E-state index contributed by atoms with van der Waals surface area (Å²) >= 11 is 8.25. The van der Waals surface area contributed by atoms with E-state index in [0.717, 1.165) is 44.3 Å². The van der Waals surface area contributed by atoms with E-state index in [1.807, 2.05) is 36.4 Å². The van der Waals surface area contributed by atoms with Crippen molar-refractivity contribution in [3.05, 3.63) is 122 Å². The fourth-order valence-electron chi connectivity index (χ4n) is 5.80. The van der Waals surface area contributed by atoms with Crippen LogP contribution in [0.2, 0.25) is 5.02 Å². The molecule has 3 amide bonds. The maximum Gasteiger partial charge on any atom is 0.308 e. The lowest BCUT2D eigenvalue weighted by Crippen LogP contribution is -2.33. The van der Waals surface area contributed by atoms with E-state index in [-0.39, 0.29) is 17.1 Å². The number of aromatic nitrogens is 1. The Balaban J connectivity index is 1.28. The van der Waals surface area contributed by atoms with Gasteiger partial charge in [-0.1, -0.05) is 83.2 Å². The minimum atomic E-state index is -0.855. The van der Waals surface area contributed by atoms with Crippen molar-refractivity contribution in [1.29, 1.82) is 0 Å². The topological polar surface area (TPSA) is 88.5 Å². The number of carbonyl (C=O) groups excluding carboxylic acids is 3. The van der Waals surface area contributed by atoms with Crippen molar-refractivity contribution >= 4 is 74.6 Å².